The molecule has 3 rings (SSSR count). The summed E-state index contributed by atoms with van der Waals surface area (Å²) < 4.78 is 0. The first-order valence-electron chi connectivity index (χ1n) is 6.21. The molecule has 1 aromatic carbocycles. The zero-order valence-corrected chi connectivity index (χ0v) is 11.8. The summed E-state index contributed by atoms with van der Waals surface area (Å²) in [6.07, 6.45) is 3.80. The first kappa shape index (κ1) is 12.6. The van der Waals surface area contributed by atoms with Gasteiger partial charge < -0.3 is 4.90 Å². The maximum Gasteiger partial charge on any atom is 0.254 e. The van der Waals surface area contributed by atoms with Crippen LogP contribution in [0.15, 0.2) is 35.8 Å². The van der Waals surface area contributed by atoms with Crippen LogP contribution < -0.4 is 0 Å². The Bertz CT molecular complexity index is 585. The minimum Gasteiger partial charge on any atom is -0.329 e. The van der Waals surface area contributed by atoms with Gasteiger partial charge in [0, 0.05) is 28.7 Å². The highest BCUT2D eigenvalue weighted by Crippen LogP contribution is 2.34. The van der Waals surface area contributed by atoms with Crippen LogP contribution in [-0.2, 0) is 0 Å². The van der Waals surface area contributed by atoms with Gasteiger partial charge in [0.2, 0.25) is 0 Å². The number of thiazole rings is 1. The second-order valence-electron chi connectivity index (χ2n) is 4.54. The summed E-state index contributed by atoms with van der Waals surface area (Å²) in [5, 5.41) is 3.57. The number of likely N-dealkylation sites (tertiary alicyclic amines) is 1. The van der Waals surface area contributed by atoms with Crippen molar-refractivity contribution in [1.82, 2.24) is 9.88 Å². The van der Waals surface area contributed by atoms with E-state index < -0.39 is 0 Å². The number of rotatable bonds is 2. The molecule has 1 aromatic heterocycles. The fourth-order valence-corrected chi connectivity index (χ4v) is 3.43. The Morgan fingerprint density at radius 3 is 3.11 bits per heavy atom. The van der Waals surface area contributed by atoms with Crippen LogP contribution in [0.25, 0.3) is 0 Å². The van der Waals surface area contributed by atoms with Gasteiger partial charge in [0.05, 0.1) is 6.04 Å². The number of hydrogen-bond acceptors (Lipinski definition) is 3. The van der Waals surface area contributed by atoms with Gasteiger partial charge in [-0.2, -0.15) is 0 Å². The molecule has 5 heteroatoms. The molecular formula is C14H13ClN2OS. The van der Waals surface area contributed by atoms with Crippen molar-refractivity contribution in [2.75, 3.05) is 6.54 Å². The van der Waals surface area contributed by atoms with Crippen molar-refractivity contribution in [1.29, 1.82) is 0 Å². The van der Waals surface area contributed by atoms with E-state index in [0.29, 0.717) is 10.6 Å². The Balaban J connectivity index is 1.87. The minimum absolute atomic E-state index is 0.0419. The van der Waals surface area contributed by atoms with E-state index in [4.69, 9.17) is 11.6 Å². The highest BCUT2D eigenvalue weighted by Gasteiger charge is 2.32. The molecule has 3 nitrogen and oxygen atoms in total. The van der Waals surface area contributed by atoms with Crippen LogP contribution in [0.1, 0.15) is 34.2 Å². The molecule has 1 aliphatic rings. The van der Waals surface area contributed by atoms with Crippen molar-refractivity contribution < 1.29 is 4.79 Å². The van der Waals surface area contributed by atoms with Crippen molar-refractivity contribution in [2.24, 2.45) is 0 Å². The average molecular weight is 293 g/mol. The van der Waals surface area contributed by atoms with Crippen molar-refractivity contribution in [3.63, 3.8) is 0 Å². The summed E-state index contributed by atoms with van der Waals surface area (Å²) in [7, 11) is 0. The van der Waals surface area contributed by atoms with E-state index in [0.717, 1.165) is 24.4 Å². The fraction of sp³-hybridized carbons (Fsp3) is 0.286. The zero-order valence-electron chi connectivity index (χ0n) is 10.3. The van der Waals surface area contributed by atoms with E-state index in [-0.39, 0.29) is 11.9 Å². The highest BCUT2D eigenvalue weighted by atomic mass is 35.5. The van der Waals surface area contributed by atoms with Gasteiger partial charge >= 0.3 is 0 Å². The summed E-state index contributed by atoms with van der Waals surface area (Å²) in [5.74, 6) is 0.0419. The molecule has 98 valence electrons. The molecule has 0 saturated carbocycles. The first-order chi connectivity index (χ1) is 9.25. The molecule has 0 spiro atoms. The molecule has 2 heterocycles. The summed E-state index contributed by atoms with van der Waals surface area (Å²) in [5.41, 5.74) is 0.649. The van der Waals surface area contributed by atoms with Gasteiger partial charge in [-0.25, -0.2) is 4.98 Å². The zero-order chi connectivity index (χ0) is 13.2. The Labute approximate surface area is 120 Å². The summed E-state index contributed by atoms with van der Waals surface area (Å²) in [4.78, 5) is 18.8. The largest absolute Gasteiger partial charge is 0.329 e. The van der Waals surface area contributed by atoms with E-state index in [9.17, 15) is 4.79 Å². The lowest BCUT2D eigenvalue weighted by Gasteiger charge is -2.23. The molecule has 19 heavy (non-hydrogen) atoms. The molecule has 2 aromatic rings. The number of carbonyl (C=O) groups is 1. The van der Waals surface area contributed by atoms with E-state index in [2.05, 4.69) is 4.98 Å². The van der Waals surface area contributed by atoms with Crippen LogP contribution in [0.3, 0.4) is 0 Å². The molecule has 1 aliphatic heterocycles. The highest BCUT2D eigenvalue weighted by molar-refractivity contribution is 7.09. The van der Waals surface area contributed by atoms with Crippen molar-refractivity contribution in [3.05, 3.63) is 51.4 Å². The smallest absolute Gasteiger partial charge is 0.254 e. The SMILES string of the molecule is O=C(c1cccc(Cl)c1)N1CCCC1c1nccs1. The van der Waals surface area contributed by atoms with E-state index in [1.54, 1.807) is 29.7 Å². The molecule has 1 fully saturated rings. The predicted octanol–water partition coefficient (Wildman–Crippen LogP) is 3.77. The van der Waals surface area contributed by atoms with E-state index in [1.165, 1.54) is 0 Å². The van der Waals surface area contributed by atoms with Crippen molar-refractivity contribution >= 4 is 28.8 Å². The van der Waals surface area contributed by atoms with Crippen molar-refractivity contribution in [3.8, 4) is 0 Å². The van der Waals surface area contributed by atoms with Gasteiger partial charge in [0.25, 0.3) is 5.91 Å². The third-order valence-electron chi connectivity index (χ3n) is 3.32. The van der Waals surface area contributed by atoms with Gasteiger partial charge in [-0.15, -0.1) is 11.3 Å². The molecule has 1 unspecified atom stereocenters. The minimum atomic E-state index is 0.0419. The molecule has 1 saturated heterocycles. The second kappa shape index (κ2) is 5.31. The molecule has 1 atom stereocenters. The number of benzene rings is 1. The third-order valence-corrected chi connectivity index (χ3v) is 4.43. The number of halogens is 1. The molecular weight excluding hydrogens is 280 g/mol. The van der Waals surface area contributed by atoms with Gasteiger partial charge in [0.1, 0.15) is 5.01 Å². The number of nitrogens with zero attached hydrogens (tertiary/aromatic N) is 2. The van der Waals surface area contributed by atoms with E-state index >= 15 is 0 Å². The standard InChI is InChI=1S/C14H13ClN2OS/c15-11-4-1-3-10(9-11)14(18)17-7-2-5-12(17)13-16-6-8-19-13/h1,3-4,6,8-9,12H,2,5,7H2. The van der Waals surface area contributed by atoms with Crippen molar-refractivity contribution in [2.45, 2.75) is 18.9 Å². The maximum atomic E-state index is 12.5. The van der Waals surface area contributed by atoms with Crippen LogP contribution in [0.4, 0.5) is 0 Å². The number of aromatic nitrogens is 1. The number of amides is 1. The predicted molar refractivity (Wildman–Crippen MR) is 76.6 cm³/mol. The maximum absolute atomic E-state index is 12.5. The van der Waals surface area contributed by atoms with Gasteiger partial charge in [0.15, 0.2) is 0 Å². The van der Waals surface area contributed by atoms with Gasteiger partial charge in [-0.05, 0) is 31.0 Å². The lowest BCUT2D eigenvalue weighted by Crippen LogP contribution is -2.30. The third kappa shape index (κ3) is 2.51. The average Bonchev–Trinajstić information content (AvgIpc) is 3.08. The molecule has 0 aliphatic carbocycles. The van der Waals surface area contributed by atoms with Crippen LogP contribution in [0.5, 0.6) is 0 Å². The van der Waals surface area contributed by atoms with Crippen LogP contribution >= 0.6 is 22.9 Å². The monoisotopic (exact) mass is 292 g/mol. The topological polar surface area (TPSA) is 33.2 Å². The molecule has 0 N–H and O–H groups in total. The molecule has 0 radical (unpaired) electrons. The van der Waals surface area contributed by atoms with Crippen LogP contribution in [-0.4, -0.2) is 22.3 Å². The van der Waals surface area contributed by atoms with Gasteiger partial charge in [-0.3, -0.25) is 4.79 Å². The van der Waals surface area contributed by atoms with Gasteiger partial charge in [-0.1, -0.05) is 17.7 Å². The Morgan fingerprint density at radius 1 is 1.47 bits per heavy atom. The second-order valence-corrected chi connectivity index (χ2v) is 5.90. The Kier molecular flexibility index (Phi) is 3.53. The normalized spacial score (nSPS) is 18.8. The lowest BCUT2D eigenvalue weighted by molar-refractivity contribution is 0.0735. The molecule has 1 amide bonds. The summed E-state index contributed by atoms with van der Waals surface area (Å²) >= 11 is 7.56. The fourth-order valence-electron chi connectivity index (χ4n) is 2.45. The summed E-state index contributed by atoms with van der Waals surface area (Å²) in [6, 6.07) is 7.24. The van der Waals surface area contributed by atoms with Crippen LogP contribution in [0.2, 0.25) is 5.02 Å². The molecule has 0 bridgehead atoms. The first-order valence-corrected chi connectivity index (χ1v) is 7.47. The quantitative estimate of drug-likeness (QED) is 0.844. The van der Waals surface area contributed by atoms with Crippen LogP contribution in [0, 0.1) is 0 Å². The number of carbonyl (C=O) groups excluding carboxylic acids is 1. The Morgan fingerprint density at radius 2 is 2.37 bits per heavy atom. The van der Waals surface area contributed by atoms with E-state index in [1.807, 2.05) is 22.4 Å². The Hall–Kier alpha value is -1.39. The lowest BCUT2D eigenvalue weighted by atomic mass is 10.1. The number of hydrogen-bond donors (Lipinski definition) is 0. The summed E-state index contributed by atoms with van der Waals surface area (Å²) in [6.45, 7) is 0.787.